The highest BCUT2D eigenvalue weighted by Crippen LogP contribution is 2.35. The van der Waals surface area contributed by atoms with Crippen molar-refractivity contribution in [3.05, 3.63) is 28.3 Å². The largest absolute Gasteiger partial charge is 0.487 e. The predicted molar refractivity (Wildman–Crippen MR) is 76.8 cm³/mol. The minimum atomic E-state index is -0.397. The summed E-state index contributed by atoms with van der Waals surface area (Å²) < 4.78 is 5.32. The van der Waals surface area contributed by atoms with Crippen molar-refractivity contribution in [2.75, 3.05) is 18.5 Å². The molecule has 1 aromatic carbocycles. The second-order valence-corrected chi connectivity index (χ2v) is 5.21. The van der Waals surface area contributed by atoms with Crippen LogP contribution in [0.2, 0.25) is 0 Å². The molecule has 0 heterocycles. The number of hydrogen-bond acceptors (Lipinski definition) is 4. The van der Waals surface area contributed by atoms with Crippen molar-refractivity contribution >= 4 is 11.4 Å². The Morgan fingerprint density at radius 1 is 1.37 bits per heavy atom. The van der Waals surface area contributed by atoms with E-state index in [4.69, 9.17) is 4.74 Å². The monoisotopic (exact) mass is 266 g/mol. The van der Waals surface area contributed by atoms with Crippen molar-refractivity contribution in [1.29, 1.82) is 0 Å². The highest BCUT2D eigenvalue weighted by Gasteiger charge is 2.22. The molecule has 0 fully saturated rings. The van der Waals surface area contributed by atoms with Crippen LogP contribution >= 0.6 is 0 Å². The smallest absolute Gasteiger partial charge is 0.333 e. The van der Waals surface area contributed by atoms with Crippen LogP contribution in [0, 0.1) is 15.5 Å². The van der Waals surface area contributed by atoms with E-state index in [0.29, 0.717) is 24.6 Å². The number of rotatable bonds is 7. The highest BCUT2D eigenvalue weighted by atomic mass is 16.6. The Hall–Kier alpha value is -1.78. The highest BCUT2D eigenvalue weighted by molar-refractivity contribution is 5.68. The van der Waals surface area contributed by atoms with Crippen LogP contribution in [0.25, 0.3) is 0 Å². The van der Waals surface area contributed by atoms with Crippen LogP contribution < -0.4 is 10.1 Å². The molecule has 1 N–H and O–H groups in total. The van der Waals surface area contributed by atoms with Gasteiger partial charge in [-0.05, 0) is 30.9 Å². The van der Waals surface area contributed by atoms with Gasteiger partial charge in [0.05, 0.1) is 11.5 Å². The van der Waals surface area contributed by atoms with Crippen LogP contribution in [-0.2, 0) is 0 Å². The molecular weight excluding hydrogens is 244 g/mol. The number of nitro groups is 1. The molecule has 1 rings (SSSR count). The molecule has 0 radical (unpaired) electrons. The maximum Gasteiger partial charge on any atom is 0.333 e. The first-order chi connectivity index (χ1) is 8.91. The fourth-order valence-electron chi connectivity index (χ4n) is 1.58. The molecule has 0 bridgehead atoms. The molecule has 0 aromatic heterocycles. The molecule has 0 saturated carbocycles. The Balaban J connectivity index is 3.00. The SMILES string of the molecule is CCOc1cccc(NCC(C)(C)CC)c1[N+](=O)[O-]. The number of nitrogens with one attached hydrogen (secondary N) is 1. The number of nitro benzene ring substituents is 1. The van der Waals surface area contributed by atoms with Gasteiger partial charge < -0.3 is 10.1 Å². The van der Waals surface area contributed by atoms with E-state index in [9.17, 15) is 10.1 Å². The van der Waals surface area contributed by atoms with Gasteiger partial charge in [-0.2, -0.15) is 0 Å². The van der Waals surface area contributed by atoms with E-state index in [1.165, 1.54) is 0 Å². The molecule has 106 valence electrons. The van der Waals surface area contributed by atoms with Crippen LogP contribution in [0.4, 0.5) is 11.4 Å². The molecule has 0 spiro atoms. The average molecular weight is 266 g/mol. The van der Waals surface area contributed by atoms with Gasteiger partial charge in [-0.1, -0.05) is 26.8 Å². The quantitative estimate of drug-likeness (QED) is 0.601. The third-order valence-corrected chi connectivity index (χ3v) is 3.20. The van der Waals surface area contributed by atoms with E-state index >= 15 is 0 Å². The number of anilines is 1. The fraction of sp³-hybridized carbons (Fsp3) is 0.571. The zero-order chi connectivity index (χ0) is 14.5. The van der Waals surface area contributed by atoms with Gasteiger partial charge in [0, 0.05) is 6.54 Å². The Morgan fingerprint density at radius 3 is 2.58 bits per heavy atom. The summed E-state index contributed by atoms with van der Waals surface area (Å²) in [6.07, 6.45) is 0.999. The molecule has 1 aromatic rings. The van der Waals surface area contributed by atoms with Crippen molar-refractivity contribution < 1.29 is 9.66 Å². The van der Waals surface area contributed by atoms with Crippen LogP contribution in [-0.4, -0.2) is 18.1 Å². The van der Waals surface area contributed by atoms with Crippen LogP contribution in [0.1, 0.15) is 34.1 Å². The molecular formula is C14H22N2O3. The molecule has 0 aliphatic carbocycles. The van der Waals surface area contributed by atoms with E-state index in [1.54, 1.807) is 18.2 Å². The average Bonchev–Trinajstić information content (AvgIpc) is 2.36. The Kier molecular flexibility index (Phi) is 5.15. The molecule has 0 amide bonds. The van der Waals surface area contributed by atoms with Crippen LogP contribution in [0.5, 0.6) is 5.75 Å². The van der Waals surface area contributed by atoms with Crippen molar-refractivity contribution in [2.24, 2.45) is 5.41 Å². The van der Waals surface area contributed by atoms with Crippen molar-refractivity contribution in [3.8, 4) is 5.75 Å². The number of ether oxygens (including phenoxy) is 1. The van der Waals surface area contributed by atoms with Gasteiger partial charge in [0.25, 0.3) is 0 Å². The lowest BCUT2D eigenvalue weighted by atomic mass is 9.90. The van der Waals surface area contributed by atoms with Crippen molar-refractivity contribution in [3.63, 3.8) is 0 Å². The normalized spacial score (nSPS) is 11.2. The summed E-state index contributed by atoms with van der Waals surface area (Å²) in [7, 11) is 0. The molecule has 0 atom stereocenters. The first kappa shape index (κ1) is 15.3. The fourth-order valence-corrected chi connectivity index (χ4v) is 1.58. The number of benzene rings is 1. The first-order valence-corrected chi connectivity index (χ1v) is 6.55. The second kappa shape index (κ2) is 6.41. The maximum absolute atomic E-state index is 11.2. The topological polar surface area (TPSA) is 64.4 Å². The van der Waals surface area contributed by atoms with Gasteiger partial charge in [0.1, 0.15) is 5.69 Å². The second-order valence-electron chi connectivity index (χ2n) is 5.21. The van der Waals surface area contributed by atoms with Gasteiger partial charge >= 0.3 is 5.69 Å². The van der Waals surface area contributed by atoms with Gasteiger partial charge in [-0.25, -0.2) is 0 Å². The summed E-state index contributed by atoms with van der Waals surface area (Å²) in [5, 5.41) is 14.4. The predicted octanol–water partition coefficient (Wildman–Crippen LogP) is 3.84. The zero-order valence-electron chi connectivity index (χ0n) is 12.0. The maximum atomic E-state index is 11.2. The lowest BCUT2D eigenvalue weighted by Crippen LogP contribution is -2.22. The van der Waals surface area contributed by atoms with E-state index in [0.717, 1.165) is 6.42 Å². The van der Waals surface area contributed by atoms with Crippen molar-refractivity contribution in [2.45, 2.75) is 34.1 Å². The molecule has 19 heavy (non-hydrogen) atoms. The summed E-state index contributed by atoms with van der Waals surface area (Å²) in [4.78, 5) is 10.8. The molecule has 5 heteroatoms. The third kappa shape index (κ3) is 4.12. The van der Waals surface area contributed by atoms with E-state index in [1.807, 2.05) is 6.92 Å². The Labute approximate surface area is 114 Å². The molecule has 0 unspecified atom stereocenters. The van der Waals surface area contributed by atoms with Gasteiger partial charge in [0.15, 0.2) is 5.75 Å². The lowest BCUT2D eigenvalue weighted by molar-refractivity contribution is -0.384. The first-order valence-electron chi connectivity index (χ1n) is 6.55. The molecule has 0 saturated heterocycles. The summed E-state index contributed by atoms with van der Waals surface area (Å²) in [5.74, 6) is 0.312. The Morgan fingerprint density at radius 2 is 2.05 bits per heavy atom. The van der Waals surface area contributed by atoms with Crippen LogP contribution in [0.3, 0.4) is 0 Å². The van der Waals surface area contributed by atoms with Gasteiger partial charge in [-0.15, -0.1) is 0 Å². The molecule has 0 aliphatic heterocycles. The summed E-state index contributed by atoms with van der Waals surface area (Å²) in [6.45, 7) is 9.25. The number of nitrogens with zero attached hydrogens (tertiary/aromatic N) is 1. The molecule has 5 nitrogen and oxygen atoms in total. The Bertz CT molecular complexity index is 444. The van der Waals surface area contributed by atoms with Gasteiger partial charge in [-0.3, -0.25) is 10.1 Å². The van der Waals surface area contributed by atoms with Gasteiger partial charge in [0.2, 0.25) is 0 Å². The van der Waals surface area contributed by atoms with Crippen molar-refractivity contribution in [1.82, 2.24) is 0 Å². The zero-order valence-corrected chi connectivity index (χ0v) is 12.0. The van der Waals surface area contributed by atoms with E-state index in [2.05, 4.69) is 26.1 Å². The van der Waals surface area contributed by atoms with Crippen LogP contribution in [0.15, 0.2) is 18.2 Å². The number of hydrogen-bond donors (Lipinski definition) is 1. The summed E-state index contributed by atoms with van der Waals surface area (Å²) in [5.41, 5.74) is 0.615. The number of para-hydroxylation sites is 1. The molecule has 0 aliphatic rings. The lowest BCUT2D eigenvalue weighted by Gasteiger charge is -2.23. The minimum absolute atomic E-state index is 0.0104. The summed E-state index contributed by atoms with van der Waals surface area (Å²) in [6, 6.07) is 5.10. The third-order valence-electron chi connectivity index (χ3n) is 3.20. The van der Waals surface area contributed by atoms with E-state index in [-0.39, 0.29) is 11.1 Å². The standard InChI is InChI=1S/C14H22N2O3/c1-5-14(3,4)10-15-11-8-7-9-12(19-6-2)13(11)16(17)18/h7-9,15H,5-6,10H2,1-4H3. The minimum Gasteiger partial charge on any atom is -0.487 e. The van der Waals surface area contributed by atoms with E-state index < -0.39 is 4.92 Å². The summed E-state index contributed by atoms with van der Waals surface area (Å²) >= 11 is 0.